The molecule has 0 aliphatic carbocycles. The number of nitrogens with one attached hydrogen (secondary N) is 2. The Labute approximate surface area is 454 Å². The number of esters is 1. The molecular formula is C55H81IN4O13S. The first-order chi connectivity index (χ1) is 34.8. The fourth-order valence-electron chi connectivity index (χ4n) is 11.5. The Hall–Kier alpha value is -2.87. The number of carbonyl (C=O) groups is 2. The van der Waals surface area contributed by atoms with Gasteiger partial charge in [-0.25, -0.2) is 0 Å². The number of cyclic esters (lactones) is 1. The molecule has 0 unspecified atom stereocenters. The highest BCUT2D eigenvalue weighted by Gasteiger charge is 2.53. The number of likely N-dealkylation sites (N-methyl/N-ethyl adjacent to an activating group) is 1. The largest absolute Gasteiger partial charge is 0.448 e. The van der Waals surface area contributed by atoms with Gasteiger partial charge in [0.2, 0.25) is 0 Å². The van der Waals surface area contributed by atoms with Crippen LogP contribution in [0.1, 0.15) is 97.7 Å². The van der Waals surface area contributed by atoms with Gasteiger partial charge in [0.25, 0.3) is 5.91 Å². The number of fused-ring (bicyclic) bond motifs is 5. The van der Waals surface area contributed by atoms with E-state index in [1.54, 1.807) is 41.5 Å². The quantitative estimate of drug-likeness (QED) is 0.0368. The summed E-state index contributed by atoms with van der Waals surface area (Å²) in [5.41, 5.74) is 0.229. The Bertz CT molecular complexity index is 2330. The average molecular weight is 1170 g/mol. The van der Waals surface area contributed by atoms with Crippen molar-refractivity contribution in [1.29, 1.82) is 0 Å². The van der Waals surface area contributed by atoms with Gasteiger partial charge in [0.1, 0.15) is 23.9 Å². The van der Waals surface area contributed by atoms with Crippen LogP contribution in [0, 0.1) is 17.8 Å². The zero-order valence-corrected chi connectivity index (χ0v) is 48.0. The van der Waals surface area contributed by atoms with Crippen LogP contribution in [0.4, 0.5) is 11.4 Å². The average Bonchev–Trinajstić information content (AvgIpc) is 3.74. The third-order valence-electron chi connectivity index (χ3n) is 16.0. The maximum absolute atomic E-state index is 14.5. The lowest BCUT2D eigenvalue weighted by molar-refractivity contribution is -0.317. The fourth-order valence-corrected chi connectivity index (χ4v) is 13.3. The van der Waals surface area contributed by atoms with Crippen molar-refractivity contribution in [3.8, 4) is 21.6 Å². The number of methoxy groups -OCH3 is 1. The Kier molecular flexibility index (Phi) is 19.1. The number of alkyl halides is 1. The van der Waals surface area contributed by atoms with Crippen LogP contribution in [-0.4, -0.2) is 176 Å². The van der Waals surface area contributed by atoms with E-state index in [9.17, 15) is 35.1 Å². The standard InChI is InChI=1S/C55H81IN4O13S/c1-29-26-53(7,66)48(72-51-43(61)40(59(10)11)24-30(2)69-51)31(3)44(71-42-27-54(8,68-12)47(63)34(6)70-42)32(4)50(65)73-52(56)55(9,67)46(62)33(5)60(28-29)23-17-22-57-49(64)41-25-37-35-18-13-15-20-38(35)58-39-21-16-14-19-36(39)45(37)74-41/h13-16,18-21,25,29-34,40,42-44,46-48,51-52,58,61-63,66-67H,17,22-24,26-28H2,1-12H3,(H,57,64)/t29-,30-,31+,32-,33-,34+,40+,42+,43-,44+,46-,47+,48-,51+,52+,53-,54-,55+/m1/s1. The van der Waals surface area contributed by atoms with Gasteiger partial charge in [-0.2, -0.15) is 0 Å². The molecule has 74 heavy (non-hydrogen) atoms. The van der Waals surface area contributed by atoms with Crippen molar-refractivity contribution in [2.24, 2.45) is 17.8 Å². The van der Waals surface area contributed by atoms with Gasteiger partial charge >= 0.3 is 5.97 Å². The van der Waals surface area contributed by atoms with Crippen molar-refractivity contribution in [1.82, 2.24) is 15.1 Å². The molecule has 4 aliphatic heterocycles. The van der Waals surface area contributed by atoms with Crippen molar-refractivity contribution in [2.75, 3.05) is 46.2 Å². The lowest BCUT2D eigenvalue weighted by atomic mass is 9.77. The lowest BCUT2D eigenvalue weighted by Gasteiger charge is -2.48. The van der Waals surface area contributed by atoms with Gasteiger partial charge in [-0.15, -0.1) is 11.3 Å². The maximum atomic E-state index is 14.5. The number of anilines is 2. The second-order valence-electron chi connectivity index (χ2n) is 22.3. The van der Waals surface area contributed by atoms with Gasteiger partial charge in [0.05, 0.1) is 46.4 Å². The van der Waals surface area contributed by atoms with Gasteiger partial charge in [0, 0.05) is 84.1 Å². The third-order valence-corrected chi connectivity index (χ3v) is 18.6. The molecule has 0 radical (unpaired) electrons. The molecule has 3 fully saturated rings. The molecule has 0 saturated carbocycles. The molecule has 1 aromatic heterocycles. The maximum Gasteiger partial charge on any atom is 0.312 e. The monoisotopic (exact) mass is 1160 g/mol. The summed E-state index contributed by atoms with van der Waals surface area (Å²) in [7, 11) is 5.26. The summed E-state index contributed by atoms with van der Waals surface area (Å²) < 4.78 is 36.8. The molecule has 19 heteroatoms. The number of rotatable bonds is 11. The molecule has 3 aromatic rings. The van der Waals surface area contributed by atoms with Crippen molar-refractivity contribution in [3.05, 3.63) is 59.5 Å². The zero-order valence-electron chi connectivity index (χ0n) is 45.0. The number of thiophene rings is 1. The van der Waals surface area contributed by atoms with Crippen LogP contribution < -0.4 is 10.6 Å². The minimum atomic E-state index is -1.96. The van der Waals surface area contributed by atoms with Crippen molar-refractivity contribution >= 4 is 57.2 Å². The molecule has 2 aromatic carbocycles. The van der Waals surface area contributed by atoms with Gasteiger partial charge in [-0.1, -0.05) is 50.2 Å². The molecule has 17 nitrogen and oxygen atoms in total. The van der Waals surface area contributed by atoms with E-state index in [1.807, 2.05) is 103 Å². The molecule has 3 saturated heterocycles. The predicted octanol–water partition coefficient (Wildman–Crippen LogP) is 6.53. The van der Waals surface area contributed by atoms with Crippen LogP contribution in [0.5, 0.6) is 0 Å². The number of halogens is 1. The highest BCUT2D eigenvalue weighted by Crippen LogP contribution is 2.48. The number of hydrogen-bond donors (Lipinski definition) is 7. The summed E-state index contributed by atoms with van der Waals surface area (Å²) in [6.07, 6.45) is -7.69. The van der Waals surface area contributed by atoms with Crippen molar-refractivity contribution < 1.29 is 63.5 Å². The highest BCUT2D eigenvalue weighted by atomic mass is 127. The molecule has 0 bridgehead atoms. The molecule has 18 atom stereocenters. The van der Waals surface area contributed by atoms with E-state index in [4.69, 9.17) is 28.4 Å². The molecule has 4 aliphatic rings. The number of nitrogens with zero attached hydrogens (tertiary/aromatic N) is 2. The second kappa shape index (κ2) is 24.0. The number of amides is 1. The van der Waals surface area contributed by atoms with Gasteiger partial charge in [0.15, 0.2) is 16.7 Å². The van der Waals surface area contributed by atoms with Gasteiger partial charge in [-0.3, -0.25) is 14.5 Å². The summed E-state index contributed by atoms with van der Waals surface area (Å²) in [5, 5.41) is 66.8. The van der Waals surface area contributed by atoms with Crippen LogP contribution in [0.25, 0.3) is 21.6 Å². The molecule has 7 N–H and O–H groups in total. The molecule has 1 amide bonds. The Balaban J connectivity index is 1.16. The number of ether oxygens (including phenoxy) is 6. The minimum Gasteiger partial charge on any atom is -0.448 e. The smallest absolute Gasteiger partial charge is 0.312 e. The number of carbonyl (C=O) groups excluding carboxylic acids is 2. The van der Waals surface area contributed by atoms with E-state index in [2.05, 4.69) is 22.8 Å². The summed E-state index contributed by atoms with van der Waals surface area (Å²) in [6.45, 7) is 16.7. The van der Waals surface area contributed by atoms with Crippen LogP contribution in [-0.2, 0) is 33.2 Å². The third kappa shape index (κ3) is 12.7. The van der Waals surface area contributed by atoms with Crippen molar-refractivity contribution in [2.45, 2.75) is 176 Å². The Morgan fingerprint density at radius 2 is 1.57 bits per heavy atom. The summed E-state index contributed by atoms with van der Waals surface area (Å²) >= 11 is 3.28. The molecule has 0 spiro atoms. The van der Waals surface area contributed by atoms with E-state index in [0.717, 1.165) is 32.9 Å². The van der Waals surface area contributed by atoms with Crippen LogP contribution >= 0.6 is 33.9 Å². The van der Waals surface area contributed by atoms with Crippen molar-refractivity contribution in [3.63, 3.8) is 0 Å². The first-order valence-electron chi connectivity index (χ1n) is 26.1. The minimum absolute atomic E-state index is 0.0937. The van der Waals surface area contributed by atoms with E-state index in [0.29, 0.717) is 37.4 Å². The van der Waals surface area contributed by atoms with Crippen LogP contribution in [0.15, 0.2) is 54.6 Å². The summed E-state index contributed by atoms with van der Waals surface area (Å²) in [4.78, 5) is 34.0. The fraction of sp³-hybridized carbons (Fsp3) is 0.673. The SMILES string of the molecule is CO[C@]1(C)C[C@H](O[C@H]2[C@H](C)[C@@H](O[C@@H]3O[C@H](C)C[C@H](N(C)C)[C@H]3O)[C@](C)(O)C[C@@H](C)CN(CCCNC(=O)c3cc4c(s3)-c3ccccc3Nc3ccccc3-4)[C@H](C)[C@@H](O)[C@](C)(O)[C@@H](I)OC(=O)[C@@H]2C)O[C@@H](C)[C@@H]1O. The normalized spacial score (nSPS) is 38.5. The van der Waals surface area contributed by atoms with E-state index < -0.39 is 94.0 Å². The Morgan fingerprint density at radius 1 is 0.919 bits per heavy atom. The number of para-hydroxylation sites is 2. The first kappa shape index (κ1) is 58.8. The van der Waals surface area contributed by atoms with E-state index >= 15 is 0 Å². The molecular weight excluding hydrogens is 1080 g/mol. The van der Waals surface area contributed by atoms with E-state index in [1.165, 1.54) is 25.4 Å². The number of benzene rings is 2. The number of hydrogen-bond acceptors (Lipinski definition) is 17. The van der Waals surface area contributed by atoms with Gasteiger partial charge < -0.3 is 69.5 Å². The summed E-state index contributed by atoms with van der Waals surface area (Å²) in [6, 6.07) is 17.0. The summed E-state index contributed by atoms with van der Waals surface area (Å²) in [5.74, 6) is -3.15. The second-order valence-corrected chi connectivity index (χ2v) is 24.5. The van der Waals surface area contributed by atoms with Crippen LogP contribution in [0.3, 0.4) is 0 Å². The molecule has 412 valence electrons. The number of aliphatic hydroxyl groups is 5. The highest BCUT2D eigenvalue weighted by molar-refractivity contribution is 14.1. The van der Waals surface area contributed by atoms with Crippen LogP contribution in [0.2, 0.25) is 0 Å². The Morgan fingerprint density at radius 3 is 2.23 bits per heavy atom. The molecule has 7 rings (SSSR count). The predicted molar refractivity (Wildman–Crippen MR) is 292 cm³/mol. The first-order valence-corrected chi connectivity index (χ1v) is 28.1. The topological polar surface area (TPSA) is 221 Å². The lowest BCUT2D eigenvalue weighted by Crippen LogP contribution is -2.60. The van der Waals surface area contributed by atoms with E-state index in [-0.39, 0.29) is 36.8 Å². The number of aliphatic hydroxyl groups excluding tert-OH is 3. The molecule has 5 heterocycles. The zero-order chi connectivity index (χ0) is 54.2. The van der Waals surface area contributed by atoms with Gasteiger partial charge in [-0.05, 0) is 129 Å².